The Labute approximate surface area is 201 Å². The van der Waals surface area contributed by atoms with Gasteiger partial charge in [0, 0.05) is 13.8 Å². The number of carbonyl (C=O) groups is 4. The number of H-pyrrole nitrogens is 1. The number of primary amides is 1. The predicted molar refractivity (Wildman–Crippen MR) is 117 cm³/mol. The summed E-state index contributed by atoms with van der Waals surface area (Å²) in [5, 5.41) is 8.24. The largest absolute Gasteiger partial charge is 0.463 e. The summed E-state index contributed by atoms with van der Waals surface area (Å²) >= 11 is 3.22. The molecule has 2 aromatic rings. The van der Waals surface area contributed by atoms with E-state index in [4.69, 9.17) is 30.1 Å². The van der Waals surface area contributed by atoms with Crippen molar-refractivity contribution < 1.29 is 38.1 Å². The Kier molecular flexibility index (Phi) is 7.41. The van der Waals surface area contributed by atoms with Crippen LogP contribution < -0.4 is 11.2 Å². The lowest BCUT2D eigenvalue weighted by atomic mass is 10.1. The van der Waals surface area contributed by atoms with Crippen molar-refractivity contribution >= 4 is 50.8 Å². The SMILES string of the molecule is CC(=O)O[C@@H]1[C@@H](OC(C)=O)[C@@H](n2cnc(=N)c3c(C(N)=O)c(Br)[nH]c32)O[C@H]1COC(=O)C(C)C. The van der Waals surface area contributed by atoms with Gasteiger partial charge in [-0.3, -0.25) is 29.2 Å². The average Bonchev–Trinajstić information content (AvgIpc) is 3.24. The number of rotatable bonds is 7. The minimum atomic E-state index is -1.17. The van der Waals surface area contributed by atoms with Crippen molar-refractivity contribution in [3.05, 3.63) is 22.0 Å². The van der Waals surface area contributed by atoms with Gasteiger partial charge in [0.25, 0.3) is 5.91 Å². The van der Waals surface area contributed by atoms with Crippen LogP contribution >= 0.6 is 15.9 Å². The van der Waals surface area contributed by atoms with E-state index in [1.165, 1.54) is 24.7 Å². The summed E-state index contributed by atoms with van der Waals surface area (Å²) in [6.45, 7) is 5.39. The molecule has 4 N–H and O–H groups in total. The molecule has 14 heteroatoms. The summed E-state index contributed by atoms with van der Waals surface area (Å²) in [7, 11) is 0. The Hall–Kier alpha value is -3.26. The first-order valence-corrected chi connectivity index (χ1v) is 11.0. The fourth-order valence-electron chi connectivity index (χ4n) is 3.60. The average molecular weight is 542 g/mol. The molecular weight excluding hydrogens is 518 g/mol. The first-order chi connectivity index (χ1) is 15.9. The van der Waals surface area contributed by atoms with Crippen LogP contribution in [0.1, 0.15) is 44.3 Å². The molecule has 3 heterocycles. The molecule has 0 bridgehead atoms. The van der Waals surface area contributed by atoms with E-state index in [9.17, 15) is 19.2 Å². The normalized spacial score (nSPS) is 22.1. The number of aromatic nitrogens is 3. The fourth-order valence-corrected chi connectivity index (χ4v) is 4.18. The van der Waals surface area contributed by atoms with E-state index in [-0.39, 0.29) is 33.3 Å². The van der Waals surface area contributed by atoms with E-state index in [0.717, 1.165) is 0 Å². The lowest BCUT2D eigenvalue weighted by Crippen LogP contribution is -2.41. The van der Waals surface area contributed by atoms with Gasteiger partial charge in [0.1, 0.15) is 24.7 Å². The van der Waals surface area contributed by atoms with E-state index in [2.05, 4.69) is 25.9 Å². The second-order valence-electron chi connectivity index (χ2n) is 7.90. The maximum absolute atomic E-state index is 12.0. The number of amides is 1. The molecule has 0 aromatic carbocycles. The van der Waals surface area contributed by atoms with Gasteiger partial charge in [0.2, 0.25) is 0 Å². The standard InChI is InChI=1S/C20H24BrN5O8/c1-7(2)20(30)31-5-10-13(32-8(3)27)14(33-9(4)28)19(34-10)26-6-24-16(22)12-11(17(23)29)15(21)25-18(12)26/h6-7,10,13-14,19,22,25H,5H2,1-4H3,(H2,23,29)/t10-,13-,14+,19-/m0/s1. The summed E-state index contributed by atoms with van der Waals surface area (Å²) in [5.74, 6) is -3.04. The zero-order valence-electron chi connectivity index (χ0n) is 18.8. The van der Waals surface area contributed by atoms with Gasteiger partial charge >= 0.3 is 17.9 Å². The summed E-state index contributed by atoms with van der Waals surface area (Å²) < 4.78 is 23.7. The molecule has 0 spiro atoms. The zero-order chi connectivity index (χ0) is 25.3. The van der Waals surface area contributed by atoms with Gasteiger partial charge in [0.05, 0.1) is 21.5 Å². The molecule has 1 aliphatic heterocycles. The van der Waals surface area contributed by atoms with E-state index in [0.29, 0.717) is 0 Å². The Morgan fingerprint density at radius 2 is 1.85 bits per heavy atom. The topological polar surface area (TPSA) is 189 Å². The molecule has 184 valence electrons. The Balaban J connectivity index is 2.11. The van der Waals surface area contributed by atoms with Gasteiger partial charge < -0.3 is 29.7 Å². The molecule has 1 saturated heterocycles. The summed E-state index contributed by atoms with van der Waals surface area (Å²) in [6.07, 6.45) is -3.17. The van der Waals surface area contributed by atoms with Crippen molar-refractivity contribution in [2.45, 2.75) is 52.2 Å². The third-order valence-electron chi connectivity index (χ3n) is 5.01. The number of ether oxygens (including phenoxy) is 4. The number of halogens is 1. The van der Waals surface area contributed by atoms with Crippen LogP contribution in [0.3, 0.4) is 0 Å². The van der Waals surface area contributed by atoms with Gasteiger partial charge in [0.15, 0.2) is 23.9 Å². The highest BCUT2D eigenvalue weighted by Crippen LogP contribution is 2.36. The molecule has 3 rings (SSSR count). The van der Waals surface area contributed by atoms with Crippen molar-refractivity contribution in [2.24, 2.45) is 11.7 Å². The fraction of sp³-hybridized carbons (Fsp3) is 0.500. The summed E-state index contributed by atoms with van der Waals surface area (Å²) in [4.78, 5) is 54.6. The van der Waals surface area contributed by atoms with Crippen LogP contribution in [0.15, 0.2) is 10.9 Å². The highest BCUT2D eigenvalue weighted by molar-refractivity contribution is 9.10. The smallest absolute Gasteiger partial charge is 0.308 e. The lowest BCUT2D eigenvalue weighted by Gasteiger charge is -2.24. The number of nitrogens with one attached hydrogen (secondary N) is 2. The number of hydrogen-bond donors (Lipinski definition) is 3. The second-order valence-corrected chi connectivity index (χ2v) is 8.69. The lowest BCUT2D eigenvalue weighted by molar-refractivity contribution is -0.166. The number of fused-ring (bicyclic) bond motifs is 1. The van der Waals surface area contributed by atoms with Crippen molar-refractivity contribution in [2.75, 3.05) is 6.61 Å². The molecule has 4 atom stereocenters. The van der Waals surface area contributed by atoms with Gasteiger partial charge in [-0.25, -0.2) is 4.98 Å². The van der Waals surface area contributed by atoms with Crippen LogP contribution in [0, 0.1) is 11.3 Å². The molecule has 0 radical (unpaired) electrons. The van der Waals surface area contributed by atoms with Crippen molar-refractivity contribution in [1.29, 1.82) is 5.41 Å². The number of aromatic amines is 1. The van der Waals surface area contributed by atoms with Crippen LogP contribution in [0.5, 0.6) is 0 Å². The number of carbonyl (C=O) groups excluding carboxylic acids is 4. The maximum atomic E-state index is 12.0. The predicted octanol–water partition coefficient (Wildman–Crippen LogP) is 0.665. The Morgan fingerprint density at radius 1 is 1.24 bits per heavy atom. The molecule has 0 aliphatic carbocycles. The van der Waals surface area contributed by atoms with Crippen LogP contribution in [0.25, 0.3) is 11.0 Å². The van der Waals surface area contributed by atoms with E-state index < -0.39 is 54.3 Å². The van der Waals surface area contributed by atoms with Gasteiger partial charge in [-0.1, -0.05) is 13.8 Å². The molecule has 13 nitrogen and oxygen atoms in total. The highest BCUT2D eigenvalue weighted by atomic mass is 79.9. The quantitative estimate of drug-likeness (QED) is 0.334. The molecular formula is C20H24BrN5O8. The molecule has 0 saturated carbocycles. The van der Waals surface area contributed by atoms with Crippen LogP contribution in [-0.2, 0) is 33.3 Å². The minimum absolute atomic E-state index is 0.00262. The third kappa shape index (κ3) is 4.97. The number of nitrogens with two attached hydrogens (primary N) is 1. The molecule has 1 amide bonds. The molecule has 1 fully saturated rings. The number of esters is 3. The molecule has 1 aliphatic rings. The monoisotopic (exact) mass is 541 g/mol. The van der Waals surface area contributed by atoms with Crippen molar-refractivity contribution in [1.82, 2.24) is 14.5 Å². The Morgan fingerprint density at radius 3 is 2.41 bits per heavy atom. The van der Waals surface area contributed by atoms with Gasteiger partial charge in [-0.15, -0.1) is 0 Å². The van der Waals surface area contributed by atoms with Gasteiger partial charge in [-0.05, 0) is 15.9 Å². The van der Waals surface area contributed by atoms with Gasteiger partial charge in [-0.2, -0.15) is 0 Å². The third-order valence-corrected chi connectivity index (χ3v) is 5.61. The van der Waals surface area contributed by atoms with Crippen LogP contribution in [0.4, 0.5) is 0 Å². The molecule has 0 unspecified atom stereocenters. The van der Waals surface area contributed by atoms with E-state index >= 15 is 0 Å². The Bertz CT molecular complexity index is 1210. The highest BCUT2D eigenvalue weighted by Gasteiger charge is 2.51. The van der Waals surface area contributed by atoms with Crippen molar-refractivity contribution in [3.63, 3.8) is 0 Å². The molecule has 2 aromatic heterocycles. The first kappa shape index (κ1) is 25.4. The summed E-state index contributed by atoms with van der Waals surface area (Å²) in [5.41, 5.74) is 5.45. The number of nitrogens with zero attached hydrogens (tertiary/aromatic N) is 2. The van der Waals surface area contributed by atoms with E-state index in [1.807, 2.05) is 0 Å². The zero-order valence-corrected chi connectivity index (χ0v) is 20.4. The second kappa shape index (κ2) is 9.93. The van der Waals surface area contributed by atoms with Crippen LogP contribution in [-0.4, -0.2) is 63.3 Å². The number of hydrogen-bond acceptors (Lipinski definition) is 10. The molecule has 34 heavy (non-hydrogen) atoms. The van der Waals surface area contributed by atoms with E-state index in [1.54, 1.807) is 13.8 Å². The van der Waals surface area contributed by atoms with Crippen molar-refractivity contribution in [3.8, 4) is 0 Å². The maximum Gasteiger partial charge on any atom is 0.308 e. The van der Waals surface area contributed by atoms with Crippen LogP contribution in [0.2, 0.25) is 0 Å². The minimum Gasteiger partial charge on any atom is -0.463 e. The first-order valence-electron chi connectivity index (χ1n) is 10.2. The summed E-state index contributed by atoms with van der Waals surface area (Å²) in [6, 6.07) is 0.